The third-order valence-corrected chi connectivity index (χ3v) is 3.17. The van der Waals surface area contributed by atoms with Crippen LogP contribution in [0, 0.1) is 0 Å². The van der Waals surface area contributed by atoms with Gasteiger partial charge in [-0.25, -0.2) is 0 Å². The second-order valence-corrected chi connectivity index (χ2v) is 5.00. The van der Waals surface area contributed by atoms with Crippen molar-refractivity contribution in [3.05, 3.63) is 30.3 Å². The first-order valence-corrected chi connectivity index (χ1v) is 7.99. The van der Waals surface area contributed by atoms with Crippen LogP contribution in [0.4, 0.5) is 0 Å². The van der Waals surface area contributed by atoms with Crippen molar-refractivity contribution in [2.45, 2.75) is 39.0 Å². The van der Waals surface area contributed by atoms with Crippen LogP contribution in [0.15, 0.2) is 35.3 Å². The Balaban J connectivity index is 0.00000441. The molecule has 0 unspecified atom stereocenters. The number of nitrogens with zero attached hydrogens (tertiary/aromatic N) is 1. The van der Waals surface area contributed by atoms with E-state index in [1.54, 1.807) is 0 Å². The molecule has 22 heavy (non-hydrogen) atoms. The Bertz CT molecular complexity index is 385. The topological polar surface area (TPSA) is 45.7 Å². The fourth-order valence-corrected chi connectivity index (χ4v) is 1.94. The summed E-state index contributed by atoms with van der Waals surface area (Å²) in [5.41, 5.74) is 0. The monoisotopic (exact) mass is 419 g/mol. The van der Waals surface area contributed by atoms with Crippen LogP contribution in [0.3, 0.4) is 0 Å². The standard InChI is InChI=1S/C17H29N3O.HI/c1-3-4-8-13-19-17(18-2)20-14-9-10-15-21-16-11-6-5-7-12-16;/h5-7,11-12H,3-4,8-10,13-15H2,1-2H3,(H2,18,19,20);1H. The van der Waals surface area contributed by atoms with Crippen LogP contribution < -0.4 is 15.4 Å². The number of aliphatic imine (C=N–C) groups is 1. The summed E-state index contributed by atoms with van der Waals surface area (Å²) >= 11 is 0. The molecule has 0 bridgehead atoms. The SMILES string of the molecule is CCCCCNC(=NC)NCCCCOc1ccccc1.I. The molecule has 2 N–H and O–H groups in total. The predicted molar refractivity (Wildman–Crippen MR) is 105 cm³/mol. The number of hydrogen-bond acceptors (Lipinski definition) is 2. The van der Waals surface area contributed by atoms with E-state index in [1.165, 1.54) is 19.3 Å². The molecule has 4 nitrogen and oxygen atoms in total. The predicted octanol–water partition coefficient (Wildman–Crippen LogP) is 3.82. The van der Waals surface area contributed by atoms with Crippen LogP contribution in [0.2, 0.25) is 0 Å². The van der Waals surface area contributed by atoms with Gasteiger partial charge >= 0.3 is 0 Å². The van der Waals surface area contributed by atoms with Crippen LogP contribution in [0.5, 0.6) is 5.75 Å². The maximum atomic E-state index is 5.66. The summed E-state index contributed by atoms with van der Waals surface area (Å²) in [6.07, 6.45) is 5.81. The summed E-state index contributed by atoms with van der Waals surface area (Å²) in [6.45, 7) is 4.88. The number of ether oxygens (including phenoxy) is 1. The molecule has 0 amide bonds. The lowest BCUT2D eigenvalue weighted by Gasteiger charge is -2.11. The summed E-state index contributed by atoms with van der Waals surface area (Å²) in [5, 5.41) is 6.66. The van der Waals surface area contributed by atoms with Gasteiger partial charge in [-0.15, -0.1) is 24.0 Å². The van der Waals surface area contributed by atoms with Crippen molar-refractivity contribution in [3.8, 4) is 5.75 Å². The molecule has 5 heteroatoms. The normalized spacial score (nSPS) is 10.7. The summed E-state index contributed by atoms with van der Waals surface area (Å²) in [7, 11) is 1.81. The summed E-state index contributed by atoms with van der Waals surface area (Å²) in [6, 6.07) is 9.95. The zero-order chi connectivity index (χ0) is 15.2. The Morgan fingerprint density at radius 2 is 1.64 bits per heavy atom. The number of rotatable bonds is 10. The van der Waals surface area contributed by atoms with E-state index in [0.29, 0.717) is 0 Å². The first-order valence-electron chi connectivity index (χ1n) is 7.99. The molecule has 0 aliphatic rings. The molecule has 0 atom stereocenters. The van der Waals surface area contributed by atoms with E-state index in [0.717, 1.165) is 44.2 Å². The molecule has 0 spiro atoms. The van der Waals surface area contributed by atoms with Gasteiger partial charge in [0, 0.05) is 20.1 Å². The maximum Gasteiger partial charge on any atom is 0.190 e. The quantitative estimate of drug-likeness (QED) is 0.262. The lowest BCUT2D eigenvalue weighted by atomic mass is 10.2. The van der Waals surface area contributed by atoms with Crippen LogP contribution in [0.1, 0.15) is 39.0 Å². The fraction of sp³-hybridized carbons (Fsp3) is 0.588. The Morgan fingerprint density at radius 1 is 1.00 bits per heavy atom. The molecule has 0 heterocycles. The van der Waals surface area contributed by atoms with Gasteiger partial charge in [0.1, 0.15) is 5.75 Å². The molecular weight excluding hydrogens is 389 g/mol. The van der Waals surface area contributed by atoms with Gasteiger partial charge in [-0.3, -0.25) is 4.99 Å². The maximum absolute atomic E-state index is 5.66. The lowest BCUT2D eigenvalue weighted by Crippen LogP contribution is -2.38. The van der Waals surface area contributed by atoms with Crippen molar-refractivity contribution in [2.75, 3.05) is 26.7 Å². The molecule has 126 valence electrons. The summed E-state index contributed by atoms with van der Waals surface area (Å²) in [5.74, 6) is 1.84. The lowest BCUT2D eigenvalue weighted by molar-refractivity contribution is 0.307. The van der Waals surface area contributed by atoms with Gasteiger partial charge in [0.05, 0.1) is 6.61 Å². The Hall–Kier alpha value is -0.980. The number of unbranched alkanes of at least 4 members (excludes halogenated alkanes) is 3. The van der Waals surface area contributed by atoms with E-state index in [9.17, 15) is 0 Å². The van der Waals surface area contributed by atoms with Gasteiger partial charge in [0.2, 0.25) is 0 Å². The third-order valence-electron chi connectivity index (χ3n) is 3.17. The molecular formula is C17H30IN3O. The molecule has 0 saturated carbocycles. The van der Waals surface area contributed by atoms with Gasteiger partial charge in [-0.05, 0) is 31.4 Å². The van der Waals surface area contributed by atoms with Crippen molar-refractivity contribution in [3.63, 3.8) is 0 Å². The number of guanidine groups is 1. The molecule has 0 saturated heterocycles. The average molecular weight is 419 g/mol. The van der Waals surface area contributed by atoms with Crippen LogP contribution >= 0.6 is 24.0 Å². The Kier molecular flexibility index (Phi) is 14.3. The average Bonchev–Trinajstić information content (AvgIpc) is 2.53. The van der Waals surface area contributed by atoms with E-state index in [1.807, 2.05) is 37.4 Å². The molecule has 1 rings (SSSR count). The number of hydrogen-bond donors (Lipinski definition) is 2. The van der Waals surface area contributed by atoms with Gasteiger partial charge in [-0.1, -0.05) is 38.0 Å². The van der Waals surface area contributed by atoms with Gasteiger partial charge in [0.15, 0.2) is 5.96 Å². The highest BCUT2D eigenvalue weighted by molar-refractivity contribution is 14.0. The summed E-state index contributed by atoms with van der Waals surface area (Å²) < 4.78 is 5.66. The zero-order valence-electron chi connectivity index (χ0n) is 13.8. The summed E-state index contributed by atoms with van der Waals surface area (Å²) in [4.78, 5) is 4.21. The van der Waals surface area contributed by atoms with Gasteiger partial charge < -0.3 is 15.4 Å². The van der Waals surface area contributed by atoms with Crippen molar-refractivity contribution in [2.24, 2.45) is 4.99 Å². The van der Waals surface area contributed by atoms with E-state index in [-0.39, 0.29) is 24.0 Å². The highest BCUT2D eigenvalue weighted by Crippen LogP contribution is 2.08. The third kappa shape index (κ3) is 10.7. The number of nitrogens with one attached hydrogen (secondary N) is 2. The number of benzene rings is 1. The molecule has 0 fully saturated rings. The van der Waals surface area contributed by atoms with E-state index in [2.05, 4.69) is 22.5 Å². The Labute approximate surface area is 152 Å². The van der Waals surface area contributed by atoms with E-state index >= 15 is 0 Å². The van der Waals surface area contributed by atoms with Crippen molar-refractivity contribution in [1.29, 1.82) is 0 Å². The molecule has 1 aromatic rings. The molecule has 1 aromatic carbocycles. The smallest absolute Gasteiger partial charge is 0.190 e. The number of halogens is 1. The largest absolute Gasteiger partial charge is 0.494 e. The minimum atomic E-state index is 0. The first-order chi connectivity index (χ1) is 10.4. The molecule has 0 aliphatic heterocycles. The minimum absolute atomic E-state index is 0. The highest BCUT2D eigenvalue weighted by atomic mass is 127. The van der Waals surface area contributed by atoms with Crippen molar-refractivity contribution < 1.29 is 4.74 Å². The van der Waals surface area contributed by atoms with Crippen LogP contribution in [-0.4, -0.2) is 32.7 Å². The minimum Gasteiger partial charge on any atom is -0.494 e. The molecule has 0 aromatic heterocycles. The van der Waals surface area contributed by atoms with E-state index in [4.69, 9.17) is 4.74 Å². The van der Waals surface area contributed by atoms with E-state index < -0.39 is 0 Å². The first kappa shape index (κ1) is 21.0. The molecule has 0 radical (unpaired) electrons. The second kappa shape index (κ2) is 14.9. The second-order valence-electron chi connectivity index (χ2n) is 5.00. The Morgan fingerprint density at radius 3 is 2.23 bits per heavy atom. The van der Waals surface area contributed by atoms with Crippen molar-refractivity contribution >= 4 is 29.9 Å². The zero-order valence-corrected chi connectivity index (χ0v) is 16.1. The van der Waals surface area contributed by atoms with Gasteiger partial charge in [0.25, 0.3) is 0 Å². The highest BCUT2D eigenvalue weighted by Gasteiger charge is 1.97. The van der Waals surface area contributed by atoms with Gasteiger partial charge in [-0.2, -0.15) is 0 Å². The van der Waals surface area contributed by atoms with Crippen LogP contribution in [0.25, 0.3) is 0 Å². The fourth-order valence-electron chi connectivity index (χ4n) is 1.94. The number of para-hydroxylation sites is 1. The molecule has 0 aliphatic carbocycles. The van der Waals surface area contributed by atoms with Crippen LogP contribution in [-0.2, 0) is 0 Å². The van der Waals surface area contributed by atoms with Crippen molar-refractivity contribution in [1.82, 2.24) is 10.6 Å².